The first kappa shape index (κ1) is 23.7. The summed E-state index contributed by atoms with van der Waals surface area (Å²) in [6.07, 6.45) is 0. The Morgan fingerprint density at radius 1 is 0.968 bits per heavy atom. The lowest BCUT2D eigenvalue weighted by Gasteiger charge is -2.35. The molecule has 1 N–H and O–H groups in total. The van der Waals surface area contributed by atoms with E-state index in [0.29, 0.717) is 39.6 Å². The molecule has 0 atom stereocenters. The van der Waals surface area contributed by atoms with Crippen molar-refractivity contribution < 1.29 is 30.4 Å². The van der Waals surface area contributed by atoms with Crippen LogP contribution in [0.4, 0.5) is 27.6 Å². The van der Waals surface area contributed by atoms with E-state index in [1.54, 1.807) is 17.0 Å². The number of nitrogens with zero attached hydrogens (tertiary/aromatic N) is 2. The van der Waals surface area contributed by atoms with Gasteiger partial charge in [0.15, 0.2) is 22.6 Å². The van der Waals surface area contributed by atoms with E-state index in [9.17, 15) is 30.4 Å². The van der Waals surface area contributed by atoms with E-state index in [-0.39, 0.29) is 26.2 Å². The van der Waals surface area contributed by atoms with Gasteiger partial charge in [-0.25, -0.2) is 21.6 Å². The zero-order valence-electron chi connectivity index (χ0n) is 15.7. The number of hydrogen-bond acceptors (Lipinski definition) is 4. The number of thioether (sulfide) groups is 1. The van der Waals surface area contributed by atoms with Gasteiger partial charge in [-0.05, 0) is 48.6 Å². The van der Waals surface area contributed by atoms with Crippen molar-refractivity contribution in [1.29, 1.82) is 0 Å². The quantitative estimate of drug-likeness (QED) is 0.290. The highest BCUT2D eigenvalue weighted by Gasteiger charge is 2.33. The lowest BCUT2D eigenvalue weighted by molar-refractivity contribution is 0.252. The van der Waals surface area contributed by atoms with Gasteiger partial charge in [-0.2, -0.15) is 13.1 Å². The average Bonchev–Trinajstić information content (AvgIpc) is 2.73. The average molecular weight is 498 g/mol. The SMILES string of the molecule is O=S(=O)(c1ccc(F)c(F)c1F)N1CCN(C(=S)Nc2ccc(SC(F)F)cc2)CC1. The Balaban J connectivity index is 1.61. The smallest absolute Gasteiger partial charge is 0.288 e. The van der Waals surface area contributed by atoms with Crippen LogP contribution in [0.2, 0.25) is 0 Å². The molecule has 168 valence electrons. The van der Waals surface area contributed by atoms with Crippen LogP contribution in [0, 0.1) is 17.5 Å². The third-order valence-electron chi connectivity index (χ3n) is 4.47. The van der Waals surface area contributed by atoms with E-state index in [1.165, 1.54) is 12.1 Å². The maximum absolute atomic E-state index is 14.0. The van der Waals surface area contributed by atoms with Gasteiger partial charge in [0.1, 0.15) is 4.90 Å². The molecule has 0 saturated carbocycles. The standard InChI is InChI=1S/C18H16F5N3O2S3/c19-13-5-6-14(16(21)15(13)20)31(27,28)26-9-7-25(8-10-26)18(29)24-11-1-3-12(4-2-11)30-17(22)23/h1-6,17H,7-10H2,(H,24,29). The van der Waals surface area contributed by atoms with Gasteiger partial charge >= 0.3 is 0 Å². The highest BCUT2D eigenvalue weighted by atomic mass is 32.2. The van der Waals surface area contributed by atoms with Gasteiger partial charge in [0.25, 0.3) is 5.76 Å². The molecular formula is C18H16F5N3O2S3. The Labute approximate surface area is 185 Å². The fourth-order valence-corrected chi connectivity index (χ4v) is 5.18. The number of anilines is 1. The molecule has 0 aliphatic carbocycles. The molecule has 1 aliphatic heterocycles. The van der Waals surface area contributed by atoms with Gasteiger partial charge in [0.2, 0.25) is 10.0 Å². The third-order valence-corrected chi connectivity index (χ3v) is 7.47. The fraction of sp³-hybridized carbons (Fsp3) is 0.278. The molecule has 31 heavy (non-hydrogen) atoms. The summed E-state index contributed by atoms with van der Waals surface area (Å²) >= 11 is 5.73. The topological polar surface area (TPSA) is 52.7 Å². The highest BCUT2D eigenvalue weighted by molar-refractivity contribution is 7.99. The van der Waals surface area contributed by atoms with Gasteiger partial charge in [-0.1, -0.05) is 11.8 Å². The van der Waals surface area contributed by atoms with Crippen LogP contribution >= 0.6 is 24.0 Å². The van der Waals surface area contributed by atoms with Crippen molar-refractivity contribution in [2.75, 3.05) is 31.5 Å². The number of sulfonamides is 1. The van der Waals surface area contributed by atoms with Crippen molar-refractivity contribution in [2.45, 2.75) is 15.5 Å². The zero-order valence-corrected chi connectivity index (χ0v) is 18.1. The number of nitrogens with one attached hydrogen (secondary N) is 1. The number of piperazine rings is 1. The number of benzene rings is 2. The number of thiocarbonyl (C=S) groups is 1. The van der Waals surface area contributed by atoms with Crippen LogP contribution in [0.15, 0.2) is 46.2 Å². The molecule has 1 heterocycles. The van der Waals surface area contributed by atoms with Gasteiger partial charge in [-0.15, -0.1) is 0 Å². The van der Waals surface area contributed by atoms with E-state index in [1.807, 2.05) is 0 Å². The van der Waals surface area contributed by atoms with Crippen molar-refractivity contribution >= 4 is 44.8 Å². The van der Waals surface area contributed by atoms with Crippen LogP contribution in [-0.4, -0.2) is 54.7 Å². The van der Waals surface area contributed by atoms with Crippen LogP contribution < -0.4 is 5.32 Å². The molecule has 1 saturated heterocycles. The Morgan fingerprint density at radius 2 is 1.58 bits per heavy atom. The molecule has 1 fully saturated rings. The second-order valence-corrected chi connectivity index (χ2v) is 9.75. The predicted octanol–water partition coefficient (Wildman–Crippen LogP) is 4.12. The van der Waals surface area contributed by atoms with Crippen molar-refractivity contribution in [3.63, 3.8) is 0 Å². The molecule has 5 nitrogen and oxygen atoms in total. The maximum Gasteiger partial charge on any atom is 0.288 e. The highest BCUT2D eigenvalue weighted by Crippen LogP contribution is 2.27. The van der Waals surface area contributed by atoms with Gasteiger partial charge in [0, 0.05) is 36.8 Å². The summed E-state index contributed by atoms with van der Waals surface area (Å²) in [5.41, 5.74) is 0.572. The molecule has 0 unspecified atom stereocenters. The normalized spacial score (nSPS) is 15.4. The molecule has 0 amide bonds. The minimum absolute atomic E-state index is 0.0491. The summed E-state index contributed by atoms with van der Waals surface area (Å²) in [6, 6.07) is 7.46. The Morgan fingerprint density at radius 3 is 2.16 bits per heavy atom. The number of rotatable bonds is 5. The van der Waals surface area contributed by atoms with Crippen LogP contribution in [0.1, 0.15) is 0 Å². The summed E-state index contributed by atoms with van der Waals surface area (Å²) in [6.45, 7) is 0.254. The second-order valence-electron chi connectivity index (χ2n) is 6.40. The van der Waals surface area contributed by atoms with Gasteiger partial charge < -0.3 is 10.2 Å². The Kier molecular flexibility index (Phi) is 7.39. The predicted molar refractivity (Wildman–Crippen MR) is 111 cm³/mol. The lowest BCUT2D eigenvalue weighted by atomic mass is 10.3. The minimum Gasteiger partial charge on any atom is -0.346 e. The van der Waals surface area contributed by atoms with Crippen molar-refractivity contribution in [3.8, 4) is 0 Å². The van der Waals surface area contributed by atoms with Crippen molar-refractivity contribution in [2.24, 2.45) is 0 Å². The lowest BCUT2D eigenvalue weighted by Crippen LogP contribution is -2.51. The van der Waals surface area contributed by atoms with Crippen LogP contribution in [0.5, 0.6) is 0 Å². The molecule has 1 aliphatic rings. The minimum atomic E-state index is -4.36. The third kappa shape index (κ3) is 5.45. The van der Waals surface area contributed by atoms with Crippen molar-refractivity contribution in [1.82, 2.24) is 9.21 Å². The van der Waals surface area contributed by atoms with Crippen molar-refractivity contribution in [3.05, 3.63) is 53.8 Å². The summed E-state index contributed by atoms with van der Waals surface area (Å²) in [4.78, 5) is 1.15. The van der Waals surface area contributed by atoms with E-state index in [4.69, 9.17) is 12.2 Å². The summed E-state index contributed by atoms with van der Waals surface area (Å²) in [5.74, 6) is -7.60. The molecule has 3 rings (SSSR count). The Bertz CT molecular complexity index is 1060. The second kappa shape index (κ2) is 9.67. The molecule has 0 radical (unpaired) electrons. The monoisotopic (exact) mass is 497 g/mol. The van der Waals surface area contributed by atoms with Gasteiger partial charge in [-0.3, -0.25) is 0 Å². The first-order valence-corrected chi connectivity index (χ1v) is 11.6. The van der Waals surface area contributed by atoms with E-state index < -0.39 is 38.1 Å². The molecule has 0 bridgehead atoms. The first-order chi connectivity index (χ1) is 14.6. The molecular weight excluding hydrogens is 481 g/mol. The Hall–Kier alpha value is -1.96. The van der Waals surface area contributed by atoms with Crippen LogP contribution in [0.3, 0.4) is 0 Å². The molecule has 13 heteroatoms. The maximum atomic E-state index is 14.0. The molecule has 0 spiro atoms. The summed E-state index contributed by atoms with van der Waals surface area (Å²) < 4.78 is 91.5. The van der Waals surface area contributed by atoms with Crippen LogP contribution in [0.25, 0.3) is 0 Å². The first-order valence-electron chi connectivity index (χ1n) is 8.84. The molecule has 2 aromatic rings. The molecule has 2 aromatic carbocycles. The number of alkyl halides is 2. The van der Waals surface area contributed by atoms with E-state index in [0.717, 1.165) is 4.31 Å². The van der Waals surface area contributed by atoms with E-state index in [2.05, 4.69) is 5.32 Å². The number of halogens is 5. The van der Waals surface area contributed by atoms with E-state index >= 15 is 0 Å². The fourth-order valence-electron chi connectivity index (χ4n) is 2.90. The summed E-state index contributed by atoms with van der Waals surface area (Å²) in [5, 5.41) is 3.24. The summed E-state index contributed by atoms with van der Waals surface area (Å²) in [7, 11) is -4.36. The number of hydrogen-bond donors (Lipinski definition) is 1. The molecule has 0 aromatic heterocycles. The van der Waals surface area contributed by atoms with Crippen LogP contribution in [-0.2, 0) is 10.0 Å². The largest absolute Gasteiger partial charge is 0.346 e. The van der Waals surface area contributed by atoms with Gasteiger partial charge in [0.05, 0.1) is 0 Å². The zero-order chi connectivity index (χ0) is 22.8.